The summed E-state index contributed by atoms with van der Waals surface area (Å²) in [5, 5.41) is 0.958. The average molecular weight is 568 g/mol. The highest BCUT2D eigenvalue weighted by molar-refractivity contribution is 7.89. The topological polar surface area (TPSA) is 101 Å². The van der Waals surface area contributed by atoms with Crippen LogP contribution in [0.4, 0.5) is 0 Å². The average Bonchev–Trinajstić information content (AvgIpc) is 3.40. The Labute approximate surface area is 237 Å². The van der Waals surface area contributed by atoms with Crippen molar-refractivity contribution < 1.29 is 22.7 Å². The molecule has 1 amide bonds. The fourth-order valence-electron chi connectivity index (χ4n) is 5.93. The smallest absolute Gasteiger partial charge is 0.240 e. The van der Waals surface area contributed by atoms with Crippen molar-refractivity contribution in [1.29, 1.82) is 0 Å². The maximum absolute atomic E-state index is 13.3. The molecule has 9 heteroatoms. The molecule has 216 valence electrons. The van der Waals surface area contributed by atoms with E-state index in [1.54, 1.807) is 19.2 Å². The number of aromatic nitrogens is 1. The Morgan fingerprint density at radius 2 is 1.85 bits per heavy atom. The van der Waals surface area contributed by atoms with Crippen LogP contribution in [0, 0.1) is 11.8 Å². The molecular weight excluding hydrogens is 526 g/mol. The number of carbonyl (C=O) groups is 1. The first-order valence-corrected chi connectivity index (χ1v) is 15.8. The van der Waals surface area contributed by atoms with Gasteiger partial charge < -0.3 is 19.4 Å². The third-order valence-electron chi connectivity index (χ3n) is 8.38. The number of aromatic amines is 1. The summed E-state index contributed by atoms with van der Waals surface area (Å²) in [5.41, 5.74) is 3.98. The Balaban J connectivity index is 1.21. The van der Waals surface area contributed by atoms with Gasteiger partial charge in [0.2, 0.25) is 15.9 Å². The van der Waals surface area contributed by atoms with Gasteiger partial charge in [-0.25, -0.2) is 13.1 Å². The number of benzene rings is 2. The van der Waals surface area contributed by atoms with Crippen LogP contribution < -0.4 is 4.72 Å². The van der Waals surface area contributed by atoms with Gasteiger partial charge in [0.15, 0.2) is 0 Å². The molecule has 0 radical (unpaired) electrons. The first kappa shape index (κ1) is 28.8. The van der Waals surface area contributed by atoms with Crippen molar-refractivity contribution in [2.24, 2.45) is 11.8 Å². The number of nitrogens with zero attached hydrogens (tertiary/aromatic N) is 1. The number of H-pyrrole nitrogens is 1. The third kappa shape index (κ3) is 6.43. The number of fused-ring (bicyclic) bond motifs is 1. The second-order valence-electron chi connectivity index (χ2n) is 11.5. The van der Waals surface area contributed by atoms with E-state index < -0.39 is 10.0 Å². The number of methoxy groups -OCH3 is 1. The SMILES string of the molecule is COCCc1ccc(-c2cc3ccc(S(=O)(=O)N[C@H]4CC[C@H](C(=O)N5CCOC[C@@H]5C(C)C)CC4)cc3[nH]2)cc1. The molecule has 0 bridgehead atoms. The van der Waals surface area contributed by atoms with Gasteiger partial charge in [-0.05, 0) is 67.3 Å². The zero-order chi connectivity index (χ0) is 28.3. The molecule has 40 heavy (non-hydrogen) atoms. The van der Waals surface area contributed by atoms with Gasteiger partial charge in [-0.1, -0.05) is 44.2 Å². The molecule has 2 fully saturated rings. The number of nitrogens with one attached hydrogen (secondary N) is 2. The van der Waals surface area contributed by atoms with Crippen molar-refractivity contribution >= 4 is 26.8 Å². The van der Waals surface area contributed by atoms with Gasteiger partial charge in [-0.3, -0.25) is 4.79 Å². The van der Waals surface area contributed by atoms with E-state index in [2.05, 4.69) is 47.8 Å². The summed E-state index contributed by atoms with van der Waals surface area (Å²) in [6, 6.07) is 15.5. The van der Waals surface area contributed by atoms with Crippen LogP contribution in [0.15, 0.2) is 53.4 Å². The minimum atomic E-state index is -3.69. The summed E-state index contributed by atoms with van der Waals surface area (Å²) in [5.74, 6) is 0.482. The highest BCUT2D eigenvalue weighted by Crippen LogP contribution is 2.30. The number of hydrogen-bond acceptors (Lipinski definition) is 5. The maximum atomic E-state index is 13.3. The maximum Gasteiger partial charge on any atom is 0.240 e. The summed E-state index contributed by atoms with van der Waals surface area (Å²) in [7, 11) is -1.99. The molecular formula is C31H41N3O5S. The lowest BCUT2D eigenvalue weighted by Crippen LogP contribution is -2.53. The minimum Gasteiger partial charge on any atom is -0.384 e. The molecule has 0 unspecified atom stereocenters. The standard InChI is InChI=1S/C31H41N3O5S/c1-21(2)30-20-39-17-15-34(30)31(35)24-8-11-26(12-9-24)33-40(36,37)27-13-10-25-18-28(32-29(25)19-27)23-6-4-22(5-7-23)14-16-38-3/h4-7,10,13,18-19,21,24,26,30,32-33H,8-9,11-12,14-17,20H2,1-3H3/t24-,26-,30-/m1/s1. The molecule has 1 aromatic heterocycles. The second kappa shape index (κ2) is 12.4. The van der Waals surface area contributed by atoms with Crippen molar-refractivity contribution in [2.45, 2.75) is 62.9 Å². The molecule has 2 N–H and O–H groups in total. The minimum absolute atomic E-state index is 0.0529. The largest absolute Gasteiger partial charge is 0.384 e. The molecule has 1 atom stereocenters. The fraction of sp³-hybridized carbons (Fsp3) is 0.516. The highest BCUT2D eigenvalue weighted by Gasteiger charge is 2.36. The molecule has 2 aliphatic rings. The van der Waals surface area contributed by atoms with Gasteiger partial charge in [0, 0.05) is 42.2 Å². The van der Waals surface area contributed by atoms with Gasteiger partial charge in [-0.2, -0.15) is 0 Å². The van der Waals surface area contributed by atoms with Crippen LogP contribution in [-0.2, 0) is 30.7 Å². The zero-order valence-corrected chi connectivity index (χ0v) is 24.5. The molecule has 1 aliphatic heterocycles. The Morgan fingerprint density at radius 1 is 1.10 bits per heavy atom. The van der Waals surface area contributed by atoms with Crippen molar-refractivity contribution in [1.82, 2.24) is 14.6 Å². The normalized spacial score (nSPS) is 22.2. The number of morpholine rings is 1. The van der Waals surface area contributed by atoms with E-state index in [1.807, 2.05) is 17.0 Å². The van der Waals surface area contributed by atoms with Crippen molar-refractivity contribution in [3.05, 3.63) is 54.1 Å². The van der Waals surface area contributed by atoms with Crippen LogP contribution in [0.1, 0.15) is 45.1 Å². The predicted molar refractivity (Wildman–Crippen MR) is 157 cm³/mol. The van der Waals surface area contributed by atoms with E-state index in [1.165, 1.54) is 5.56 Å². The van der Waals surface area contributed by atoms with E-state index in [4.69, 9.17) is 9.47 Å². The molecule has 1 saturated carbocycles. The van der Waals surface area contributed by atoms with Gasteiger partial charge in [0.25, 0.3) is 0 Å². The van der Waals surface area contributed by atoms with Crippen molar-refractivity contribution in [2.75, 3.05) is 33.5 Å². The summed E-state index contributed by atoms with van der Waals surface area (Å²) >= 11 is 0. The predicted octanol–water partition coefficient (Wildman–Crippen LogP) is 4.74. The van der Waals surface area contributed by atoms with Crippen molar-refractivity contribution in [3.8, 4) is 11.3 Å². The number of amides is 1. The van der Waals surface area contributed by atoms with Crippen LogP contribution in [0.25, 0.3) is 22.2 Å². The molecule has 8 nitrogen and oxygen atoms in total. The molecule has 0 spiro atoms. The Kier molecular flexibility index (Phi) is 8.95. The summed E-state index contributed by atoms with van der Waals surface area (Å²) in [6.45, 7) is 6.74. The van der Waals surface area contributed by atoms with Gasteiger partial charge in [0.05, 0.1) is 30.8 Å². The summed E-state index contributed by atoms with van der Waals surface area (Å²) in [6.07, 6.45) is 3.56. The molecule has 1 saturated heterocycles. The second-order valence-corrected chi connectivity index (χ2v) is 13.2. The Bertz CT molecular complexity index is 1410. The van der Waals surface area contributed by atoms with E-state index >= 15 is 0 Å². The summed E-state index contributed by atoms with van der Waals surface area (Å²) < 4.78 is 40.3. The number of ether oxygens (including phenoxy) is 2. The summed E-state index contributed by atoms with van der Waals surface area (Å²) in [4.78, 5) is 18.9. The lowest BCUT2D eigenvalue weighted by atomic mass is 9.85. The quantitative estimate of drug-likeness (QED) is 0.389. The first-order valence-electron chi connectivity index (χ1n) is 14.4. The van der Waals surface area contributed by atoms with Crippen LogP contribution >= 0.6 is 0 Å². The van der Waals surface area contributed by atoms with Crippen LogP contribution in [0.3, 0.4) is 0 Å². The van der Waals surface area contributed by atoms with Gasteiger partial charge in [0.1, 0.15) is 0 Å². The number of hydrogen-bond donors (Lipinski definition) is 2. The van der Waals surface area contributed by atoms with E-state index in [-0.39, 0.29) is 28.8 Å². The molecule has 2 aromatic carbocycles. The molecule has 5 rings (SSSR count). The lowest BCUT2D eigenvalue weighted by molar-refractivity contribution is -0.147. The first-order chi connectivity index (χ1) is 19.2. The monoisotopic (exact) mass is 567 g/mol. The van der Waals surface area contributed by atoms with Gasteiger partial charge >= 0.3 is 0 Å². The fourth-order valence-corrected chi connectivity index (χ4v) is 7.26. The van der Waals surface area contributed by atoms with Crippen LogP contribution in [0.2, 0.25) is 0 Å². The van der Waals surface area contributed by atoms with E-state index in [0.29, 0.717) is 58.0 Å². The number of rotatable bonds is 9. The number of sulfonamides is 1. The van der Waals surface area contributed by atoms with Gasteiger partial charge in [-0.15, -0.1) is 0 Å². The highest BCUT2D eigenvalue weighted by atomic mass is 32.2. The van der Waals surface area contributed by atoms with Crippen LogP contribution in [-0.4, -0.2) is 69.8 Å². The van der Waals surface area contributed by atoms with E-state index in [0.717, 1.165) is 28.6 Å². The van der Waals surface area contributed by atoms with Crippen LogP contribution in [0.5, 0.6) is 0 Å². The molecule has 1 aliphatic carbocycles. The van der Waals surface area contributed by atoms with Crippen molar-refractivity contribution in [3.63, 3.8) is 0 Å². The third-order valence-corrected chi connectivity index (χ3v) is 9.90. The Hall–Kier alpha value is -2.72. The zero-order valence-electron chi connectivity index (χ0n) is 23.7. The number of carbonyl (C=O) groups excluding carboxylic acids is 1. The lowest BCUT2D eigenvalue weighted by Gasteiger charge is -2.41. The molecule has 2 heterocycles. The van der Waals surface area contributed by atoms with E-state index in [9.17, 15) is 13.2 Å². The molecule has 3 aromatic rings. The Morgan fingerprint density at radius 3 is 2.55 bits per heavy atom.